The Morgan fingerprint density at radius 1 is 1.21 bits per heavy atom. The summed E-state index contributed by atoms with van der Waals surface area (Å²) in [5.74, 6) is 0.218. The number of nitrogens with one attached hydrogen (secondary N) is 1. The number of carbonyl (C=O) groups excluding carboxylic acids is 1. The summed E-state index contributed by atoms with van der Waals surface area (Å²) in [6.45, 7) is 6.12. The standard InChI is InChI=1S/C16H26N2O5S/c1-16(2,3)11-17-15(19)10-18(4)24(20,21)14-9-12(22-5)7-8-13(14)23-6/h7-9H,10-11H2,1-6H3,(H,17,19). The number of amides is 1. The van der Waals surface area contributed by atoms with Gasteiger partial charge in [0.25, 0.3) is 0 Å². The first kappa shape index (κ1) is 20.2. The predicted octanol–water partition coefficient (Wildman–Crippen LogP) is 1.49. The molecule has 0 aliphatic heterocycles. The maximum Gasteiger partial charge on any atom is 0.247 e. The molecular formula is C16H26N2O5S. The minimum absolute atomic E-state index is 0.0459. The maximum atomic E-state index is 12.7. The molecule has 0 unspecified atom stereocenters. The number of hydrogen-bond donors (Lipinski definition) is 1. The lowest BCUT2D eigenvalue weighted by molar-refractivity contribution is -0.121. The van der Waals surface area contributed by atoms with E-state index >= 15 is 0 Å². The molecule has 0 radical (unpaired) electrons. The second kappa shape index (κ2) is 7.85. The lowest BCUT2D eigenvalue weighted by atomic mass is 9.97. The minimum atomic E-state index is -3.90. The number of sulfonamides is 1. The molecule has 24 heavy (non-hydrogen) atoms. The highest BCUT2D eigenvalue weighted by Crippen LogP contribution is 2.30. The number of methoxy groups -OCH3 is 2. The fourth-order valence-electron chi connectivity index (χ4n) is 1.86. The monoisotopic (exact) mass is 358 g/mol. The van der Waals surface area contributed by atoms with Crippen molar-refractivity contribution in [1.29, 1.82) is 0 Å². The molecule has 1 N–H and O–H groups in total. The van der Waals surface area contributed by atoms with Crippen molar-refractivity contribution < 1.29 is 22.7 Å². The SMILES string of the molecule is COc1ccc(OC)c(S(=O)(=O)N(C)CC(=O)NCC(C)(C)C)c1. The Kier molecular flexibility index (Phi) is 6.62. The van der Waals surface area contributed by atoms with Gasteiger partial charge < -0.3 is 14.8 Å². The summed E-state index contributed by atoms with van der Waals surface area (Å²) in [5, 5.41) is 2.73. The molecule has 1 aromatic carbocycles. The third-order valence-corrected chi connectivity index (χ3v) is 5.07. The van der Waals surface area contributed by atoms with Crippen LogP contribution in [0, 0.1) is 5.41 Å². The van der Waals surface area contributed by atoms with Gasteiger partial charge in [-0.2, -0.15) is 4.31 Å². The zero-order valence-electron chi connectivity index (χ0n) is 15.0. The Hall–Kier alpha value is -1.80. The average Bonchev–Trinajstić information content (AvgIpc) is 2.51. The van der Waals surface area contributed by atoms with Crippen LogP contribution in [-0.2, 0) is 14.8 Å². The smallest absolute Gasteiger partial charge is 0.247 e. The number of carbonyl (C=O) groups is 1. The quantitative estimate of drug-likeness (QED) is 0.798. The van der Waals surface area contributed by atoms with Crippen molar-refractivity contribution in [3.63, 3.8) is 0 Å². The van der Waals surface area contributed by atoms with Crippen LogP contribution in [0.5, 0.6) is 11.5 Å². The highest BCUT2D eigenvalue weighted by atomic mass is 32.2. The molecule has 7 nitrogen and oxygen atoms in total. The van der Waals surface area contributed by atoms with Gasteiger partial charge in [0.15, 0.2) is 0 Å². The summed E-state index contributed by atoms with van der Waals surface area (Å²) in [5.41, 5.74) is -0.0802. The molecule has 1 rings (SSSR count). The molecule has 0 bridgehead atoms. The van der Waals surface area contributed by atoms with Crippen molar-refractivity contribution in [2.24, 2.45) is 5.41 Å². The maximum absolute atomic E-state index is 12.7. The van der Waals surface area contributed by atoms with Crippen LogP contribution in [0.1, 0.15) is 20.8 Å². The summed E-state index contributed by atoms with van der Waals surface area (Å²) in [7, 11) is 0.288. The molecule has 0 aliphatic carbocycles. The van der Waals surface area contributed by atoms with E-state index in [1.54, 1.807) is 6.07 Å². The van der Waals surface area contributed by atoms with E-state index in [9.17, 15) is 13.2 Å². The zero-order chi connectivity index (χ0) is 18.5. The van der Waals surface area contributed by atoms with Crippen molar-refractivity contribution in [2.75, 3.05) is 34.4 Å². The molecule has 0 aliphatic rings. The van der Waals surface area contributed by atoms with Gasteiger partial charge in [-0.05, 0) is 17.5 Å². The molecule has 1 aromatic rings. The summed E-state index contributed by atoms with van der Waals surface area (Å²) in [6, 6.07) is 4.49. The van der Waals surface area contributed by atoms with Gasteiger partial charge in [-0.3, -0.25) is 4.79 Å². The highest BCUT2D eigenvalue weighted by molar-refractivity contribution is 7.89. The number of nitrogens with zero attached hydrogens (tertiary/aromatic N) is 1. The Bertz CT molecular complexity index is 680. The number of ether oxygens (including phenoxy) is 2. The molecular weight excluding hydrogens is 332 g/mol. The second-order valence-corrected chi connectivity index (χ2v) is 8.63. The van der Waals surface area contributed by atoms with Gasteiger partial charge in [0.05, 0.1) is 20.8 Å². The molecule has 0 fully saturated rings. The van der Waals surface area contributed by atoms with E-state index in [0.717, 1.165) is 4.31 Å². The number of benzene rings is 1. The van der Waals surface area contributed by atoms with Crippen LogP contribution in [0.3, 0.4) is 0 Å². The molecule has 0 aromatic heterocycles. The topological polar surface area (TPSA) is 84.9 Å². The normalized spacial score (nSPS) is 12.1. The van der Waals surface area contributed by atoms with Gasteiger partial charge in [-0.1, -0.05) is 20.8 Å². The van der Waals surface area contributed by atoms with Crippen molar-refractivity contribution in [3.8, 4) is 11.5 Å². The lowest BCUT2D eigenvalue weighted by Gasteiger charge is -2.21. The Labute approximate surface area is 144 Å². The van der Waals surface area contributed by atoms with Gasteiger partial charge in [-0.25, -0.2) is 8.42 Å². The third kappa shape index (κ3) is 5.38. The number of rotatable bonds is 7. The molecule has 0 saturated heterocycles. The minimum Gasteiger partial charge on any atom is -0.497 e. The predicted molar refractivity (Wildman–Crippen MR) is 91.8 cm³/mol. The number of likely N-dealkylation sites (N-methyl/N-ethyl adjacent to an activating group) is 1. The van der Waals surface area contributed by atoms with E-state index in [-0.39, 0.29) is 28.5 Å². The zero-order valence-corrected chi connectivity index (χ0v) is 15.9. The molecule has 0 saturated carbocycles. The Morgan fingerprint density at radius 3 is 2.33 bits per heavy atom. The van der Waals surface area contributed by atoms with Crippen molar-refractivity contribution in [2.45, 2.75) is 25.7 Å². The number of hydrogen-bond acceptors (Lipinski definition) is 5. The van der Waals surface area contributed by atoms with E-state index in [0.29, 0.717) is 12.3 Å². The van der Waals surface area contributed by atoms with E-state index < -0.39 is 10.0 Å². The summed E-state index contributed by atoms with van der Waals surface area (Å²) in [4.78, 5) is 11.9. The van der Waals surface area contributed by atoms with Crippen LogP contribution in [0.25, 0.3) is 0 Å². The first-order chi connectivity index (χ1) is 11.0. The fourth-order valence-corrected chi connectivity index (χ4v) is 3.15. The second-order valence-electron chi connectivity index (χ2n) is 6.62. The van der Waals surface area contributed by atoms with Crippen LogP contribution in [0.15, 0.2) is 23.1 Å². The van der Waals surface area contributed by atoms with E-state index in [1.807, 2.05) is 20.8 Å². The van der Waals surface area contributed by atoms with Gasteiger partial charge in [0.1, 0.15) is 16.4 Å². The first-order valence-electron chi connectivity index (χ1n) is 7.46. The molecule has 0 atom stereocenters. The van der Waals surface area contributed by atoms with E-state index in [1.165, 1.54) is 33.4 Å². The van der Waals surface area contributed by atoms with Crippen LogP contribution in [0.4, 0.5) is 0 Å². The molecule has 0 heterocycles. The molecule has 0 spiro atoms. The lowest BCUT2D eigenvalue weighted by Crippen LogP contribution is -2.41. The third-order valence-electron chi connectivity index (χ3n) is 3.24. The molecule has 1 amide bonds. The van der Waals surface area contributed by atoms with Crippen molar-refractivity contribution >= 4 is 15.9 Å². The summed E-state index contributed by atoms with van der Waals surface area (Å²) >= 11 is 0. The molecule has 8 heteroatoms. The van der Waals surface area contributed by atoms with Crippen LogP contribution < -0.4 is 14.8 Å². The first-order valence-corrected chi connectivity index (χ1v) is 8.90. The molecule has 136 valence electrons. The van der Waals surface area contributed by atoms with Crippen molar-refractivity contribution in [3.05, 3.63) is 18.2 Å². The summed E-state index contributed by atoms with van der Waals surface area (Å²) in [6.07, 6.45) is 0. The highest BCUT2D eigenvalue weighted by Gasteiger charge is 2.27. The van der Waals surface area contributed by atoms with Gasteiger partial charge >= 0.3 is 0 Å². The Balaban J connectivity index is 2.97. The fraction of sp³-hybridized carbons (Fsp3) is 0.562. The van der Waals surface area contributed by atoms with Gasteiger partial charge in [-0.15, -0.1) is 0 Å². The van der Waals surface area contributed by atoms with Crippen LogP contribution in [0.2, 0.25) is 0 Å². The van der Waals surface area contributed by atoms with Gasteiger partial charge in [0, 0.05) is 19.7 Å². The Morgan fingerprint density at radius 2 is 1.83 bits per heavy atom. The van der Waals surface area contributed by atoms with Crippen LogP contribution in [-0.4, -0.2) is 53.0 Å². The van der Waals surface area contributed by atoms with E-state index in [2.05, 4.69) is 5.32 Å². The summed E-state index contributed by atoms with van der Waals surface area (Å²) < 4.78 is 36.6. The van der Waals surface area contributed by atoms with Gasteiger partial charge in [0.2, 0.25) is 15.9 Å². The van der Waals surface area contributed by atoms with Crippen molar-refractivity contribution in [1.82, 2.24) is 9.62 Å². The largest absolute Gasteiger partial charge is 0.497 e. The van der Waals surface area contributed by atoms with E-state index in [4.69, 9.17) is 9.47 Å². The van der Waals surface area contributed by atoms with Crippen LogP contribution >= 0.6 is 0 Å². The average molecular weight is 358 g/mol.